The molecule has 1 aromatic rings. The highest BCUT2D eigenvalue weighted by molar-refractivity contribution is 6.33. The second-order valence-corrected chi connectivity index (χ2v) is 5.82. The second-order valence-electron chi connectivity index (χ2n) is 5.41. The number of hydrogen-bond donors (Lipinski definition) is 0. The molecule has 0 amide bonds. The lowest BCUT2D eigenvalue weighted by Gasteiger charge is -2.21. The zero-order valence-electron chi connectivity index (χ0n) is 11.5. The number of carbonyl (C=O) groups excluding carboxylic acids is 1. The lowest BCUT2D eigenvalue weighted by molar-refractivity contribution is 0.0475. The van der Waals surface area contributed by atoms with E-state index in [1.54, 1.807) is 12.1 Å². The summed E-state index contributed by atoms with van der Waals surface area (Å²) in [6, 6.07) is 5.41. The van der Waals surface area contributed by atoms with Gasteiger partial charge in [0.25, 0.3) is 0 Å². The van der Waals surface area contributed by atoms with Crippen LogP contribution in [-0.4, -0.2) is 12.6 Å². The molecule has 0 N–H and O–H groups in total. The molecular formula is C16H21ClO2. The zero-order valence-corrected chi connectivity index (χ0v) is 12.2. The highest BCUT2D eigenvalue weighted by atomic mass is 35.5. The summed E-state index contributed by atoms with van der Waals surface area (Å²) in [6.07, 6.45) is 7.54. The fraction of sp³-hybridized carbons (Fsp3) is 0.562. The Kier molecular flexibility index (Phi) is 5.26. The summed E-state index contributed by atoms with van der Waals surface area (Å²) < 4.78 is 5.33. The summed E-state index contributed by atoms with van der Waals surface area (Å²) in [5.41, 5.74) is 1.51. The van der Waals surface area contributed by atoms with Crippen LogP contribution in [0.1, 0.15) is 54.4 Å². The van der Waals surface area contributed by atoms with Crippen molar-refractivity contribution in [2.75, 3.05) is 6.61 Å². The van der Waals surface area contributed by atoms with Crippen LogP contribution >= 0.6 is 11.6 Å². The molecule has 104 valence electrons. The summed E-state index contributed by atoms with van der Waals surface area (Å²) in [4.78, 5) is 11.9. The Labute approximate surface area is 120 Å². The number of benzene rings is 1. The van der Waals surface area contributed by atoms with E-state index in [-0.39, 0.29) is 5.97 Å². The number of carbonyl (C=O) groups is 1. The molecule has 1 aromatic carbocycles. The van der Waals surface area contributed by atoms with E-state index in [4.69, 9.17) is 16.3 Å². The van der Waals surface area contributed by atoms with Crippen LogP contribution in [-0.2, 0) is 4.74 Å². The topological polar surface area (TPSA) is 26.3 Å². The molecule has 0 radical (unpaired) electrons. The fourth-order valence-electron chi connectivity index (χ4n) is 2.66. The summed E-state index contributed by atoms with van der Waals surface area (Å²) in [5.74, 6) is 0.427. The van der Waals surface area contributed by atoms with E-state index in [1.165, 1.54) is 32.1 Å². The van der Waals surface area contributed by atoms with Crippen LogP contribution in [0.15, 0.2) is 18.2 Å². The molecule has 0 unspecified atom stereocenters. The quantitative estimate of drug-likeness (QED) is 0.742. The maximum Gasteiger partial charge on any atom is 0.339 e. The molecule has 0 atom stereocenters. The first kappa shape index (κ1) is 14.4. The minimum Gasteiger partial charge on any atom is -0.462 e. The molecule has 1 saturated carbocycles. The number of esters is 1. The Bertz CT molecular complexity index is 436. The molecule has 0 aromatic heterocycles. The number of halogens is 1. The first-order chi connectivity index (χ1) is 9.16. The van der Waals surface area contributed by atoms with Crippen molar-refractivity contribution < 1.29 is 9.53 Å². The highest BCUT2D eigenvalue weighted by Gasteiger charge is 2.15. The zero-order chi connectivity index (χ0) is 13.7. The summed E-state index contributed by atoms with van der Waals surface area (Å²) in [5, 5.41) is 0.475. The van der Waals surface area contributed by atoms with Gasteiger partial charge < -0.3 is 4.74 Å². The van der Waals surface area contributed by atoms with Crippen molar-refractivity contribution in [3.05, 3.63) is 34.3 Å². The molecule has 3 heteroatoms. The van der Waals surface area contributed by atoms with Gasteiger partial charge in [0.1, 0.15) is 0 Å². The standard InChI is InChI=1S/C16H21ClO2/c1-12-7-8-14(15(17)11-12)16(18)19-10-9-13-5-3-2-4-6-13/h7-8,11,13H,2-6,9-10H2,1H3. The molecule has 1 fully saturated rings. The Balaban J connectivity index is 1.80. The second kappa shape index (κ2) is 6.95. The van der Waals surface area contributed by atoms with Crippen molar-refractivity contribution in [1.29, 1.82) is 0 Å². The molecule has 19 heavy (non-hydrogen) atoms. The van der Waals surface area contributed by atoms with E-state index in [0.29, 0.717) is 17.2 Å². The molecule has 2 rings (SSSR count). The summed E-state index contributed by atoms with van der Waals surface area (Å²) >= 11 is 6.05. The molecule has 1 aliphatic carbocycles. The van der Waals surface area contributed by atoms with Crippen molar-refractivity contribution in [3.63, 3.8) is 0 Å². The number of aryl methyl sites for hydroxylation is 1. The van der Waals surface area contributed by atoms with E-state index in [1.807, 2.05) is 13.0 Å². The fourth-order valence-corrected chi connectivity index (χ4v) is 2.97. The van der Waals surface area contributed by atoms with Gasteiger partial charge in [0.15, 0.2) is 0 Å². The average molecular weight is 281 g/mol. The van der Waals surface area contributed by atoms with Gasteiger partial charge in [-0.15, -0.1) is 0 Å². The Morgan fingerprint density at radius 3 is 2.74 bits per heavy atom. The third kappa shape index (κ3) is 4.24. The minimum absolute atomic E-state index is 0.305. The van der Waals surface area contributed by atoms with Crippen LogP contribution < -0.4 is 0 Å². The Hall–Kier alpha value is -1.02. The third-order valence-corrected chi connectivity index (χ3v) is 4.14. The third-order valence-electron chi connectivity index (χ3n) is 3.83. The van der Waals surface area contributed by atoms with Crippen molar-refractivity contribution in [1.82, 2.24) is 0 Å². The molecular weight excluding hydrogens is 260 g/mol. The van der Waals surface area contributed by atoms with Crippen LogP contribution in [0.5, 0.6) is 0 Å². The van der Waals surface area contributed by atoms with Crippen LogP contribution in [0.25, 0.3) is 0 Å². The average Bonchev–Trinajstić information content (AvgIpc) is 2.39. The van der Waals surface area contributed by atoms with Crippen LogP contribution in [0.3, 0.4) is 0 Å². The van der Waals surface area contributed by atoms with Gasteiger partial charge in [0, 0.05) is 0 Å². The van der Waals surface area contributed by atoms with Crippen molar-refractivity contribution >= 4 is 17.6 Å². The summed E-state index contributed by atoms with van der Waals surface area (Å²) in [7, 11) is 0. The van der Waals surface area contributed by atoms with E-state index >= 15 is 0 Å². The van der Waals surface area contributed by atoms with E-state index < -0.39 is 0 Å². The SMILES string of the molecule is Cc1ccc(C(=O)OCCC2CCCCC2)c(Cl)c1. The van der Waals surface area contributed by atoms with E-state index in [9.17, 15) is 4.79 Å². The van der Waals surface area contributed by atoms with Crippen LogP contribution in [0.4, 0.5) is 0 Å². The van der Waals surface area contributed by atoms with Gasteiger partial charge in [-0.3, -0.25) is 0 Å². The lowest BCUT2D eigenvalue weighted by atomic mass is 9.87. The normalized spacial score (nSPS) is 16.3. The van der Waals surface area contributed by atoms with Gasteiger partial charge in [0.2, 0.25) is 0 Å². The predicted octanol–water partition coefficient (Wildman–Crippen LogP) is 4.78. The van der Waals surface area contributed by atoms with Crippen molar-refractivity contribution in [2.45, 2.75) is 45.4 Å². The smallest absolute Gasteiger partial charge is 0.339 e. The molecule has 0 saturated heterocycles. The predicted molar refractivity (Wildman–Crippen MR) is 77.7 cm³/mol. The van der Waals surface area contributed by atoms with Crippen molar-refractivity contribution in [3.8, 4) is 0 Å². The van der Waals surface area contributed by atoms with E-state index in [0.717, 1.165) is 17.9 Å². The molecule has 0 aliphatic heterocycles. The van der Waals surface area contributed by atoms with Gasteiger partial charge in [-0.25, -0.2) is 4.79 Å². The molecule has 2 nitrogen and oxygen atoms in total. The number of hydrogen-bond acceptors (Lipinski definition) is 2. The van der Waals surface area contributed by atoms with Crippen LogP contribution in [0, 0.1) is 12.8 Å². The lowest BCUT2D eigenvalue weighted by Crippen LogP contribution is -2.13. The molecule has 0 spiro atoms. The van der Waals surface area contributed by atoms with Gasteiger partial charge in [-0.05, 0) is 37.0 Å². The molecule has 1 aliphatic rings. The summed E-state index contributed by atoms with van der Waals surface area (Å²) in [6.45, 7) is 2.46. The van der Waals surface area contributed by atoms with Gasteiger partial charge >= 0.3 is 5.97 Å². The van der Waals surface area contributed by atoms with Crippen molar-refractivity contribution in [2.24, 2.45) is 5.92 Å². The molecule has 0 heterocycles. The van der Waals surface area contributed by atoms with Gasteiger partial charge in [-0.2, -0.15) is 0 Å². The molecule has 0 bridgehead atoms. The Morgan fingerprint density at radius 2 is 2.05 bits per heavy atom. The first-order valence-electron chi connectivity index (χ1n) is 7.10. The number of ether oxygens (including phenoxy) is 1. The first-order valence-corrected chi connectivity index (χ1v) is 7.48. The van der Waals surface area contributed by atoms with Gasteiger partial charge in [-0.1, -0.05) is 49.8 Å². The Morgan fingerprint density at radius 1 is 1.32 bits per heavy atom. The maximum atomic E-state index is 11.9. The maximum absolute atomic E-state index is 11.9. The minimum atomic E-state index is -0.305. The van der Waals surface area contributed by atoms with E-state index in [2.05, 4.69) is 0 Å². The number of rotatable bonds is 4. The van der Waals surface area contributed by atoms with Gasteiger partial charge in [0.05, 0.1) is 17.2 Å². The van der Waals surface area contributed by atoms with Crippen LogP contribution in [0.2, 0.25) is 5.02 Å². The highest BCUT2D eigenvalue weighted by Crippen LogP contribution is 2.26. The largest absolute Gasteiger partial charge is 0.462 e. The monoisotopic (exact) mass is 280 g/mol.